The van der Waals surface area contributed by atoms with E-state index in [1.807, 2.05) is 13.8 Å². The monoisotopic (exact) mass is 170 g/mol. The number of aliphatic hydroxyl groups is 2. The molecule has 70 valence electrons. The first-order chi connectivity index (χ1) is 5.44. The molecule has 0 aromatic heterocycles. The summed E-state index contributed by atoms with van der Waals surface area (Å²) in [4.78, 5) is 0. The summed E-state index contributed by atoms with van der Waals surface area (Å²) < 4.78 is 0. The van der Waals surface area contributed by atoms with Crippen molar-refractivity contribution < 1.29 is 10.2 Å². The zero-order valence-electron chi connectivity index (χ0n) is 8.04. The van der Waals surface area contributed by atoms with E-state index in [1.165, 1.54) is 0 Å². The van der Waals surface area contributed by atoms with E-state index in [9.17, 15) is 5.11 Å². The molecule has 2 nitrogen and oxygen atoms in total. The van der Waals surface area contributed by atoms with E-state index in [2.05, 4.69) is 6.58 Å². The standard InChI is InChI=1S/C10H18O2/c1-5-10(3,4)9(12)6-8(2)7-11/h5-6,9,11-12H,1,7H2,2-4H3/b8-6-/t9-/m0/s1. The van der Waals surface area contributed by atoms with Crippen LogP contribution in [0.3, 0.4) is 0 Å². The molecule has 0 aliphatic rings. The predicted octanol–water partition coefficient (Wildman–Crippen LogP) is 1.50. The number of aliphatic hydroxyl groups excluding tert-OH is 2. The molecule has 0 unspecified atom stereocenters. The summed E-state index contributed by atoms with van der Waals surface area (Å²) in [6, 6.07) is 0. The summed E-state index contributed by atoms with van der Waals surface area (Å²) in [6.45, 7) is 9.19. The van der Waals surface area contributed by atoms with Gasteiger partial charge >= 0.3 is 0 Å². The predicted molar refractivity (Wildman–Crippen MR) is 50.8 cm³/mol. The summed E-state index contributed by atoms with van der Waals surface area (Å²) in [7, 11) is 0. The minimum absolute atomic E-state index is 0.00964. The second-order valence-electron chi connectivity index (χ2n) is 3.64. The van der Waals surface area contributed by atoms with E-state index < -0.39 is 6.10 Å². The topological polar surface area (TPSA) is 40.5 Å². The van der Waals surface area contributed by atoms with Gasteiger partial charge in [0.05, 0.1) is 12.7 Å². The first kappa shape index (κ1) is 11.4. The van der Waals surface area contributed by atoms with Crippen LogP contribution in [0.2, 0.25) is 0 Å². The second-order valence-corrected chi connectivity index (χ2v) is 3.64. The third-order valence-corrected chi connectivity index (χ3v) is 1.98. The fourth-order valence-electron chi connectivity index (χ4n) is 0.658. The van der Waals surface area contributed by atoms with Crippen LogP contribution in [0.15, 0.2) is 24.3 Å². The maximum Gasteiger partial charge on any atom is 0.0809 e. The van der Waals surface area contributed by atoms with Crippen LogP contribution in [0.5, 0.6) is 0 Å². The van der Waals surface area contributed by atoms with Crippen LogP contribution in [0.25, 0.3) is 0 Å². The van der Waals surface area contributed by atoms with Crippen molar-refractivity contribution in [2.24, 2.45) is 5.41 Å². The summed E-state index contributed by atoms with van der Waals surface area (Å²) in [6.07, 6.45) is 2.78. The average Bonchev–Trinajstić information content (AvgIpc) is 2.04. The van der Waals surface area contributed by atoms with Crippen LogP contribution >= 0.6 is 0 Å². The van der Waals surface area contributed by atoms with Crippen molar-refractivity contribution in [3.63, 3.8) is 0 Å². The van der Waals surface area contributed by atoms with E-state index in [1.54, 1.807) is 19.1 Å². The fourth-order valence-corrected chi connectivity index (χ4v) is 0.658. The lowest BCUT2D eigenvalue weighted by atomic mass is 9.86. The highest BCUT2D eigenvalue weighted by molar-refractivity contribution is 5.08. The van der Waals surface area contributed by atoms with E-state index in [-0.39, 0.29) is 12.0 Å². The van der Waals surface area contributed by atoms with E-state index >= 15 is 0 Å². The third kappa shape index (κ3) is 3.20. The highest BCUT2D eigenvalue weighted by Gasteiger charge is 2.21. The Morgan fingerprint density at radius 2 is 2.08 bits per heavy atom. The molecule has 0 rings (SSSR count). The molecule has 2 heteroatoms. The largest absolute Gasteiger partial charge is 0.392 e. The normalized spacial score (nSPS) is 15.9. The molecule has 0 saturated carbocycles. The van der Waals surface area contributed by atoms with Crippen LogP contribution < -0.4 is 0 Å². The first-order valence-corrected chi connectivity index (χ1v) is 4.04. The number of rotatable bonds is 4. The molecule has 0 aliphatic carbocycles. The van der Waals surface area contributed by atoms with Gasteiger partial charge in [-0.05, 0) is 12.5 Å². The zero-order valence-corrected chi connectivity index (χ0v) is 8.04. The molecule has 2 N–H and O–H groups in total. The molecule has 0 bridgehead atoms. The van der Waals surface area contributed by atoms with Gasteiger partial charge in [-0.3, -0.25) is 0 Å². The van der Waals surface area contributed by atoms with Crippen LogP contribution in [-0.2, 0) is 0 Å². The first-order valence-electron chi connectivity index (χ1n) is 4.04. The molecule has 0 saturated heterocycles. The Morgan fingerprint density at radius 3 is 2.42 bits per heavy atom. The van der Waals surface area contributed by atoms with Gasteiger partial charge in [0.2, 0.25) is 0 Å². The van der Waals surface area contributed by atoms with Gasteiger partial charge in [-0.2, -0.15) is 0 Å². The molecule has 0 amide bonds. The second kappa shape index (κ2) is 4.43. The van der Waals surface area contributed by atoms with Gasteiger partial charge in [0, 0.05) is 5.41 Å². The molecule has 0 aromatic carbocycles. The third-order valence-electron chi connectivity index (χ3n) is 1.98. The van der Waals surface area contributed by atoms with Crippen molar-refractivity contribution >= 4 is 0 Å². The highest BCUT2D eigenvalue weighted by atomic mass is 16.3. The molecule has 12 heavy (non-hydrogen) atoms. The lowest BCUT2D eigenvalue weighted by Gasteiger charge is -2.24. The van der Waals surface area contributed by atoms with Crippen molar-refractivity contribution in [1.29, 1.82) is 0 Å². The van der Waals surface area contributed by atoms with E-state index in [0.29, 0.717) is 0 Å². The fraction of sp³-hybridized carbons (Fsp3) is 0.600. The lowest BCUT2D eigenvalue weighted by Crippen LogP contribution is -2.25. The van der Waals surface area contributed by atoms with Gasteiger partial charge in [-0.15, -0.1) is 6.58 Å². The Morgan fingerprint density at radius 1 is 1.58 bits per heavy atom. The summed E-state index contributed by atoms with van der Waals surface area (Å²) in [5.41, 5.74) is 0.439. The molecule has 1 atom stereocenters. The Hall–Kier alpha value is -0.600. The highest BCUT2D eigenvalue weighted by Crippen LogP contribution is 2.23. The summed E-state index contributed by atoms with van der Waals surface area (Å²) in [5.74, 6) is 0. The average molecular weight is 170 g/mol. The molecule has 0 fully saturated rings. The molecular weight excluding hydrogens is 152 g/mol. The van der Waals surface area contributed by atoms with Crippen molar-refractivity contribution in [3.8, 4) is 0 Å². The Bertz CT molecular complexity index is 180. The van der Waals surface area contributed by atoms with Gasteiger partial charge in [-0.1, -0.05) is 26.0 Å². The number of hydrogen-bond acceptors (Lipinski definition) is 2. The van der Waals surface area contributed by atoms with Crippen molar-refractivity contribution in [2.75, 3.05) is 6.61 Å². The van der Waals surface area contributed by atoms with Crippen LogP contribution in [0, 0.1) is 5.41 Å². The van der Waals surface area contributed by atoms with E-state index in [0.717, 1.165) is 5.57 Å². The molecule has 0 spiro atoms. The van der Waals surface area contributed by atoms with Gasteiger partial charge in [0.25, 0.3) is 0 Å². The summed E-state index contributed by atoms with van der Waals surface area (Å²) >= 11 is 0. The SMILES string of the molecule is C=CC(C)(C)[C@@H](O)/C=C(/C)CO. The lowest BCUT2D eigenvalue weighted by molar-refractivity contribution is 0.124. The van der Waals surface area contributed by atoms with Gasteiger partial charge in [0.15, 0.2) is 0 Å². The Labute approximate surface area is 74.2 Å². The Kier molecular flexibility index (Phi) is 4.21. The molecule has 0 aliphatic heterocycles. The van der Waals surface area contributed by atoms with Gasteiger partial charge in [-0.25, -0.2) is 0 Å². The maximum absolute atomic E-state index is 9.62. The van der Waals surface area contributed by atoms with Crippen molar-refractivity contribution in [2.45, 2.75) is 26.9 Å². The smallest absolute Gasteiger partial charge is 0.0809 e. The Balaban J connectivity index is 4.39. The van der Waals surface area contributed by atoms with Gasteiger partial charge in [0.1, 0.15) is 0 Å². The quantitative estimate of drug-likeness (QED) is 0.628. The maximum atomic E-state index is 9.62. The molecule has 0 heterocycles. The van der Waals surface area contributed by atoms with Crippen LogP contribution in [-0.4, -0.2) is 22.9 Å². The number of hydrogen-bond donors (Lipinski definition) is 2. The van der Waals surface area contributed by atoms with E-state index in [4.69, 9.17) is 5.11 Å². The van der Waals surface area contributed by atoms with Crippen LogP contribution in [0.1, 0.15) is 20.8 Å². The van der Waals surface area contributed by atoms with Crippen molar-refractivity contribution in [3.05, 3.63) is 24.3 Å². The summed E-state index contributed by atoms with van der Waals surface area (Å²) in [5, 5.41) is 18.3. The molecule has 0 radical (unpaired) electrons. The minimum atomic E-state index is -0.581. The minimum Gasteiger partial charge on any atom is -0.392 e. The van der Waals surface area contributed by atoms with Gasteiger partial charge < -0.3 is 10.2 Å². The van der Waals surface area contributed by atoms with Crippen LogP contribution in [0.4, 0.5) is 0 Å². The molecular formula is C10H18O2. The molecule has 0 aromatic rings. The zero-order chi connectivity index (χ0) is 9.78. The van der Waals surface area contributed by atoms with Crippen molar-refractivity contribution in [1.82, 2.24) is 0 Å².